The van der Waals surface area contributed by atoms with E-state index in [2.05, 4.69) is 4.98 Å². The Kier molecular flexibility index (Phi) is 3.84. The lowest BCUT2D eigenvalue weighted by Gasteiger charge is -2.17. The van der Waals surface area contributed by atoms with Gasteiger partial charge in [-0.1, -0.05) is 6.07 Å². The van der Waals surface area contributed by atoms with Crippen molar-refractivity contribution in [2.45, 2.75) is 32.4 Å². The number of aromatic nitrogens is 3. The minimum absolute atomic E-state index is 0.00185. The van der Waals surface area contributed by atoms with E-state index in [1.54, 1.807) is 16.8 Å². The van der Waals surface area contributed by atoms with Crippen molar-refractivity contribution in [1.29, 1.82) is 5.41 Å². The van der Waals surface area contributed by atoms with Crippen LogP contribution in [0.1, 0.15) is 28.8 Å². The second-order valence-corrected chi connectivity index (χ2v) is 6.56. The van der Waals surface area contributed by atoms with Gasteiger partial charge in [-0.2, -0.15) is 0 Å². The fourth-order valence-electron chi connectivity index (χ4n) is 3.45. The van der Waals surface area contributed by atoms with Crippen LogP contribution in [-0.4, -0.2) is 32.6 Å². The number of carbonyl (C=O) groups excluding carboxylic acids is 1. The van der Waals surface area contributed by atoms with E-state index in [1.165, 1.54) is 10.5 Å². The molecule has 0 aliphatic carbocycles. The second kappa shape index (κ2) is 6.06. The number of nitrogens with two attached hydrogens (primary N) is 1. The van der Waals surface area contributed by atoms with Gasteiger partial charge in [-0.3, -0.25) is 19.4 Å². The minimum atomic E-state index is -0.744. The molecule has 1 aliphatic rings. The van der Waals surface area contributed by atoms with Gasteiger partial charge in [-0.05, 0) is 37.5 Å². The smallest absolute Gasteiger partial charge is 0.267 e. The maximum absolute atomic E-state index is 13.0. The number of hydrogen-bond donors (Lipinski definition) is 2. The summed E-state index contributed by atoms with van der Waals surface area (Å²) < 4.78 is 8.69. The molecule has 4 heterocycles. The molecule has 3 aromatic rings. The topological polar surface area (TPSA) is 115 Å². The van der Waals surface area contributed by atoms with E-state index in [4.69, 9.17) is 15.9 Å². The van der Waals surface area contributed by atoms with E-state index in [1.807, 2.05) is 13.0 Å². The number of aryl methyl sites for hydroxylation is 1. The van der Waals surface area contributed by atoms with Crippen LogP contribution in [0.4, 0.5) is 0 Å². The van der Waals surface area contributed by atoms with Crippen molar-refractivity contribution in [2.75, 3.05) is 6.61 Å². The summed E-state index contributed by atoms with van der Waals surface area (Å²) in [7, 11) is 0. The zero-order valence-corrected chi connectivity index (χ0v) is 14.4. The summed E-state index contributed by atoms with van der Waals surface area (Å²) in [5.41, 5.74) is 6.84. The van der Waals surface area contributed by atoms with Crippen molar-refractivity contribution in [3.05, 3.63) is 51.4 Å². The van der Waals surface area contributed by atoms with Gasteiger partial charge in [-0.25, -0.2) is 4.98 Å². The molecule has 26 heavy (non-hydrogen) atoms. The Balaban J connectivity index is 2.11. The first-order chi connectivity index (χ1) is 12.5. The molecule has 4 rings (SSSR count). The number of carbonyl (C=O) groups is 1. The van der Waals surface area contributed by atoms with E-state index in [-0.39, 0.29) is 28.1 Å². The molecule has 134 valence electrons. The number of fused-ring (bicyclic) bond motifs is 2. The van der Waals surface area contributed by atoms with Crippen LogP contribution < -0.4 is 16.8 Å². The Bertz CT molecular complexity index is 1160. The van der Waals surface area contributed by atoms with Crippen molar-refractivity contribution in [1.82, 2.24) is 14.0 Å². The van der Waals surface area contributed by atoms with Gasteiger partial charge in [0.1, 0.15) is 16.8 Å². The maximum atomic E-state index is 13.0. The lowest BCUT2D eigenvalue weighted by molar-refractivity contribution is 0.0954. The maximum Gasteiger partial charge on any atom is 0.267 e. The number of hydrogen-bond acceptors (Lipinski definition) is 5. The molecule has 8 nitrogen and oxygen atoms in total. The Morgan fingerprint density at radius 1 is 1.46 bits per heavy atom. The van der Waals surface area contributed by atoms with Crippen molar-refractivity contribution in [3.8, 4) is 0 Å². The Morgan fingerprint density at radius 3 is 2.96 bits per heavy atom. The molecule has 3 aromatic heterocycles. The Hall–Kier alpha value is -3.00. The first kappa shape index (κ1) is 16.5. The van der Waals surface area contributed by atoms with Gasteiger partial charge in [0.15, 0.2) is 0 Å². The van der Waals surface area contributed by atoms with Gasteiger partial charge in [0, 0.05) is 12.8 Å². The van der Waals surface area contributed by atoms with Crippen LogP contribution in [0.15, 0.2) is 29.2 Å². The molecule has 8 heteroatoms. The summed E-state index contributed by atoms with van der Waals surface area (Å²) in [4.78, 5) is 29.4. The molecule has 0 spiro atoms. The third-order valence-corrected chi connectivity index (χ3v) is 4.81. The molecule has 1 aliphatic heterocycles. The summed E-state index contributed by atoms with van der Waals surface area (Å²) >= 11 is 0. The van der Waals surface area contributed by atoms with E-state index in [0.29, 0.717) is 24.4 Å². The summed E-state index contributed by atoms with van der Waals surface area (Å²) in [6, 6.07) is 5.01. The summed E-state index contributed by atoms with van der Waals surface area (Å²) in [6.45, 7) is 2.90. The predicted octanol–water partition coefficient (Wildman–Crippen LogP) is 0.715. The molecule has 3 N–H and O–H groups in total. The molecular weight excluding hydrogens is 334 g/mol. The third kappa shape index (κ3) is 2.50. The summed E-state index contributed by atoms with van der Waals surface area (Å²) in [6.07, 6.45) is 3.37. The summed E-state index contributed by atoms with van der Waals surface area (Å²) in [5.74, 6) is -0.744. The van der Waals surface area contributed by atoms with Crippen molar-refractivity contribution in [3.63, 3.8) is 0 Å². The number of primary amides is 1. The molecule has 1 atom stereocenters. The van der Waals surface area contributed by atoms with Gasteiger partial charge in [0.2, 0.25) is 0 Å². The van der Waals surface area contributed by atoms with E-state index in [0.717, 1.165) is 18.4 Å². The normalized spacial score (nSPS) is 17.2. The van der Waals surface area contributed by atoms with Gasteiger partial charge >= 0.3 is 0 Å². The number of ether oxygens (including phenoxy) is 1. The molecule has 0 radical (unpaired) electrons. The van der Waals surface area contributed by atoms with Crippen molar-refractivity contribution < 1.29 is 9.53 Å². The van der Waals surface area contributed by atoms with Gasteiger partial charge in [-0.15, -0.1) is 0 Å². The van der Waals surface area contributed by atoms with Gasteiger partial charge < -0.3 is 15.0 Å². The van der Waals surface area contributed by atoms with Crippen molar-refractivity contribution in [2.24, 2.45) is 5.73 Å². The highest BCUT2D eigenvalue weighted by molar-refractivity contribution is 5.95. The Labute approximate surface area is 148 Å². The molecule has 1 fully saturated rings. The fraction of sp³-hybridized carbons (Fsp3) is 0.333. The Morgan fingerprint density at radius 2 is 2.27 bits per heavy atom. The zero-order valence-electron chi connectivity index (χ0n) is 14.4. The first-order valence-electron chi connectivity index (χ1n) is 8.49. The predicted molar refractivity (Wildman–Crippen MR) is 95.0 cm³/mol. The van der Waals surface area contributed by atoms with Crippen LogP contribution in [0.5, 0.6) is 0 Å². The standard InChI is InChI=1S/C18H19N5O3/c1-10-4-2-6-22-16(10)21-17-13(18(22)25)8-12(15(20)24)14(19)23(17)9-11-5-3-7-26-11/h2,4,6,8,11,19H,3,5,7,9H2,1H3,(H2,20,24)/t11-/m0/s1. The first-order valence-corrected chi connectivity index (χ1v) is 8.49. The molecule has 1 saturated heterocycles. The summed E-state index contributed by atoms with van der Waals surface area (Å²) in [5, 5.41) is 8.67. The molecule has 0 bridgehead atoms. The monoisotopic (exact) mass is 353 g/mol. The van der Waals surface area contributed by atoms with Gasteiger partial charge in [0.05, 0.1) is 23.6 Å². The number of nitrogens with zero attached hydrogens (tertiary/aromatic N) is 3. The average Bonchev–Trinajstić information content (AvgIpc) is 3.11. The highest BCUT2D eigenvalue weighted by atomic mass is 16.5. The zero-order chi connectivity index (χ0) is 18.4. The second-order valence-electron chi connectivity index (χ2n) is 6.56. The molecule has 1 amide bonds. The SMILES string of the molecule is Cc1cccn2c(=O)c3cc(C(N)=O)c(=N)n(C[C@@H]4CCCO4)c3nc12. The molecule has 0 unspecified atom stereocenters. The average molecular weight is 353 g/mol. The van der Waals surface area contributed by atoms with Crippen LogP contribution in [0.2, 0.25) is 0 Å². The van der Waals surface area contributed by atoms with E-state index >= 15 is 0 Å². The molecule has 0 aromatic carbocycles. The quantitative estimate of drug-likeness (QED) is 0.675. The van der Waals surface area contributed by atoms with Crippen LogP contribution in [-0.2, 0) is 11.3 Å². The number of amides is 1. The van der Waals surface area contributed by atoms with Gasteiger partial charge in [0.25, 0.3) is 11.5 Å². The lowest BCUT2D eigenvalue weighted by atomic mass is 10.1. The fourth-order valence-corrected chi connectivity index (χ4v) is 3.45. The third-order valence-electron chi connectivity index (χ3n) is 4.81. The van der Waals surface area contributed by atoms with E-state index < -0.39 is 5.91 Å². The minimum Gasteiger partial charge on any atom is -0.376 e. The van der Waals surface area contributed by atoms with Crippen LogP contribution in [0.3, 0.4) is 0 Å². The van der Waals surface area contributed by atoms with Crippen LogP contribution in [0, 0.1) is 12.3 Å². The highest BCUT2D eigenvalue weighted by Gasteiger charge is 2.21. The van der Waals surface area contributed by atoms with E-state index in [9.17, 15) is 9.59 Å². The van der Waals surface area contributed by atoms with Crippen molar-refractivity contribution >= 4 is 22.6 Å². The number of nitrogens with one attached hydrogen (secondary N) is 1. The molecule has 0 saturated carbocycles. The number of pyridine rings is 2. The van der Waals surface area contributed by atoms with Crippen LogP contribution >= 0.6 is 0 Å². The highest BCUT2D eigenvalue weighted by Crippen LogP contribution is 2.17. The number of rotatable bonds is 3. The van der Waals surface area contributed by atoms with Crippen LogP contribution in [0.25, 0.3) is 16.7 Å². The largest absolute Gasteiger partial charge is 0.376 e. The molecular formula is C18H19N5O3. The lowest BCUT2D eigenvalue weighted by Crippen LogP contribution is -2.35.